The highest BCUT2D eigenvalue weighted by molar-refractivity contribution is 5.85. The smallest absolute Gasteiger partial charge is 0.200 e. The molecule has 0 spiro atoms. The molecule has 3 rings (SSSR count). The third-order valence-corrected chi connectivity index (χ3v) is 3.77. The zero-order valence-corrected chi connectivity index (χ0v) is 13.5. The number of benzene rings is 2. The van der Waals surface area contributed by atoms with Gasteiger partial charge >= 0.3 is 0 Å². The van der Waals surface area contributed by atoms with Gasteiger partial charge in [-0.2, -0.15) is 0 Å². The summed E-state index contributed by atoms with van der Waals surface area (Å²) in [5.41, 5.74) is 0.947. The molecular formula is C18H16O6. The molecule has 1 N–H and O–H groups in total. The Labute approximate surface area is 137 Å². The van der Waals surface area contributed by atoms with Gasteiger partial charge in [-0.15, -0.1) is 0 Å². The van der Waals surface area contributed by atoms with E-state index >= 15 is 0 Å². The molecule has 1 heterocycles. The van der Waals surface area contributed by atoms with Crippen LogP contribution in [0.15, 0.2) is 45.8 Å². The highest BCUT2D eigenvalue weighted by Gasteiger charge is 2.16. The first-order chi connectivity index (χ1) is 11.6. The topological polar surface area (TPSA) is 78.1 Å². The molecule has 0 amide bonds. The lowest BCUT2D eigenvalue weighted by Crippen LogP contribution is -2.06. The van der Waals surface area contributed by atoms with Crippen LogP contribution in [-0.2, 0) is 0 Å². The van der Waals surface area contributed by atoms with Crippen LogP contribution < -0.4 is 19.6 Å². The molecule has 6 heteroatoms. The van der Waals surface area contributed by atoms with Crippen LogP contribution in [0.3, 0.4) is 0 Å². The Morgan fingerprint density at radius 1 is 0.917 bits per heavy atom. The van der Waals surface area contributed by atoms with E-state index in [1.165, 1.54) is 32.6 Å². The molecular weight excluding hydrogens is 312 g/mol. The largest absolute Gasteiger partial charge is 0.504 e. The fourth-order valence-corrected chi connectivity index (χ4v) is 2.52. The lowest BCUT2D eigenvalue weighted by atomic mass is 10.0. The number of phenolic OH excluding ortho intramolecular Hbond substituents is 1. The average molecular weight is 328 g/mol. The van der Waals surface area contributed by atoms with Crippen molar-refractivity contribution in [3.63, 3.8) is 0 Å². The minimum atomic E-state index is -0.252. The number of phenols is 1. The van der Waals surface area contributed by atoms with E-state index < -0.39 is 0 Å². The van der Waals surface area contributed by atoms with Crippen LogP contribution in [-0.4, -0.2) is 26.4 Å². The summed E-state index contributed by atoms with van der Waals surface area (Å²) in [5.74, 6) is 1.22. The predicted octanol–water partition coefficient (Wildman–Crippen LogP) is 3.19. The lowest BCUT2D eigenvalue weighted by molar-refractivity contribution is 0.373. The Morgan fingerprint density at radius 3 is 2.33 bits per heavy atom. The first-order valence-electron chi connectivity index (χ1n) is 7.14. The number of hydrogen-bond acceptors (Lipinski definition) is 6. The molecule has 6 nitrogen and oxygen atoms in total. The number of fused-ring (bicyclic) bond motifs is 1. The van der Waals surface area contributed by atoms with Crippen LogP contribution in [0.5, 0.6) is 23.0 Å². The van der Waals surface area contributed by atoms with Gasteiger partial charge in [0, 0.05) is 17.7 Å². The van der Waals surface area contributed by atoms with Gasteiger partial charge in [-0.25, -0.2) is 0 Å². The second kappa shape index (κ2) is 6.16. The molecule has 0 saturated heterocycles. The van der Waals surface area contributed by atoms with E-state index in [0.29, 0.717) is 28.0 Å². The highest BCUT2D eigenvalue weighted by atomic mass is 16.5. The summed E-state index contributed by atoms with van der Waals surface area (Å²) in [6.45, 7) is 0. The van der Waals surface area contributed by atoms with Gasteiger partial charge in [0.05, 0.1) is 32.3 Å². The molecule has 0 fully saturated rings. The molecule has 0 radical (unpaired) electrons. The molecule has 0 unspecified atom stereocenters. The normalized spacial score (nSPS) is 10.6. The molecule has 3 aromatic rings. The Hall–Kier alpha value is -3.15. The average Bonchev–Trinajstić information content (AvgIpc) is 2.61. The van der Waals surface area contributed by atoms with Gasteiger partial charge in [0.2, 0.25) is 5.43 Å². The Morgan fingerprint density at radius 2 is 1.67 bits per heavy atom. The molecule has 0 aliphatic carbocycles. The van der Waals surface area contributed by atoms with Crippen molar-refractivity contribution in [3.8, 4) is 34.1 Å². The molecule has 24 heavy (non-hydrogen) atoms. The van der Waals surface area contributed by atoms with E-state index in [9.17, 15) is 9.90 Å². The monoisotopic (exact) mass is 328 g/mol. The van der Waals surface area contributed by atoms with Crippen LogP contribution in [0.2, 0.25) is 0 Å². The van der Waals surface area contributed by atoms with Crippen LogP contribution in [0.4, 0.5) is 0 Å². The molecule has 0 bridgehead atoms. The van der Waals surface area contributed by atoms with Crippen molar-refractivity contribution in [1.29, 1.82) is 0 Å². The van der Waals surface area contributed by atoms with Crippen molar-refractivity contribution >= 4 is 11.0 Å². The van der Waals surface area contributed by atoms with Gasteiger partial charge in [0.1, 0.15) is 23.3 Å². The maximum Gasteiger partial charge on any atom is 0.200 e. The van der Waals surface area contributed by atoms with Crippen molar-refractivity contribution in [1.82, 2.24) is 0 Å². The van der Waals surface area contributed by atoms with Crippen molar-refractivity contribution in [2.24, 2.45) is 0 Å². The van der Waals surface area contributed by atoms with E-state index in [1.807, 2.05) is 0 Å². The van der Waals surface area contributed by atoms with Crippen molar-refractivity contribution < 1.29 is 23.7 Å². The fraction of sp³-hybridized carbons (Fsp3) is 0.167. The van der Waals surface area contributed by atoms with Crippen molar-refractivity contribution in [3.05, 3.63) is 46.8 Å². The van der Waals surface area contributed by atoms with Crippen LogP contribution in [0.25, 0.3) is 22.1 Å². The molecule has 0 aliphatic heterocycles. The van der Waals surface area contributed by atoms with Gasteiger partial charge in [0.25, 0.3) is 0 Å². The maximum absolute atomic E-state index is 12.8. The SMILES string of the molecule is COc1ccc(-c2coc3cc(O)c(OC)cc3c2=O)c(OC)c1. The maximum atomic E-state index is 12.8. The Bertz CT molecular complexity index is 958. The fourth-order valence-electron chi connectivity index (χ4n) is 2.52. The molecule has 1 aromatic heterocycles. The summed E-state index contributed by atoms with van der Waals surface area (Å²) in [7, 11) is 4.48. The molecule has 0 aliphatic rings. The lowest BCUT2D eigenvalue weighted by Gasteiger charge is -2.11. The summed E-state index contributed by atoms with van der Waals surface area (Å²) in [4.78, 5) is 12.8. The van der Waals surface area contributed by atoms with Gasteiger partial charge < -0.3 is 23.7 Å². The number of ether oxygens (including phenoxy) is 3. The number of methoxy groups -OCH3 is 3. The third kappa shape index (κ3) is 2.52. The van der Waals surface area contributed by atoms with Gasteiger partial charge in [-0.1, -0.05) is 0 Å². The number of aromatic hydroxyl groups is 1. The van der Waals surface area contributed by atoms with Crippen LogP contribution in [0, 0.1) is 0 Å². The van der Waals surface area contributed by atoms with E-state index in [-0.39, 0.29) is 22.5 Å². The van der Waals surface area contributed by atoms with Gasteiger partial charge in [-0.3, -0.25) is 4.79 Å². The first-order valence-corrected chi connectivity index (χ1v) is 7.14. The zero-order chi connectivity index (χ0) is 17.3. The number of rotatable bonds is 4. The van der Waals surface area contributed by atoms with Crippen LogP contribution in [0.1, 0.15) is 0 Å². The van der Waals surface area contributed by atoms with Crippen molar-refractivity contribution in [2.75, 3.05) is 21.3 Å². The summed E-state index contributed by atoms with van der Waals surface area (Å²) in [6, 6.07) is 7.96. The Kier molecular flexibility index (Phi) is 4.04. The third-order valence-electron chi connectivity index (χ3n) is 3.77. The van der Waals surface area contributed by atoms with Gasteiger partial charge in [-0.05, 0) is 18.2 Å². The number of hydrogen-bond donors (Lipinski definition) is 1. The summed E-state index contributed by atoms with van der Waals surface area (Å²) < 4.78 is 21.1. The molecule has 0 saturated carbocycles. The van der Waals surface area contributed by atoms with E-state index in [2.05, 4.69) is 0 Å². The summed E-state index contributed by atoms with van der Waals surface area (Å²) in [6.07, 6.45) is 1.35. The summed E-state index contributed by atoms with van der Waals surface area (Å²) in [5, 5.41) is 10.1. The first kappa shape index (κ1) is 15.7. The minimum Gasteiger partial charge on any atom is -0.504 e. The zero-order valence-electron chi connectivity index (χ0n) is 13.5. The second-order valence-electron chi connectivity index (χ2n) is 5.06. The van der Waals surface area contributed by atoms with E-state index in [1.54, 1.807) is 25.3 Å². The standard InChI is InChI=1S/C18H16O6/c1-21-10-4-5-11(15(6-10)22-2)13-9-24-16-8-14(19)17(23-3)7-12(16)18(13)20/h4-9,19H,1-3H3. The second-order valence-corrected chi connectivity index (χ2v) is 5.06. The minimum absolute atomic E-state index is 0.0945. The summed E-state index contributed by atoms with van der Waals surface area (Å²) >= 11 is 0. The van der Waals surface area contributed by atoms with Crippen LogP contribution >= 0.6 is 0 Å². The van der Waals surface area contributed by atoms with Gasteiger partial charge in [0.15, 0.2) is 11.5 Å². The predicted molar refractivity (Wildman–Crippen MR) is 89.2 cm³/mol. The van der Waals surface area contributed by atoms with E-state index in [0.717, 1.165) is 0 Å². The quantitative estimate of drug-likeness (QED) is 0.792. The Balaban J connectivity index is 2.26. The molecule has 2 aromatic carbocycles. The molecule has 0 atom stereocenters. The molecule has 124 valence electrons. The van der Waals surface area contributed by atoms with E-state index in [4.69, 9.17) is 18.6 Å². The highest BCUT2D eigenvalue weighted by Crippen LogP contribution is 2.34. The van der Waals surface area contributed by atoms with Crippen molar-refractivity contribution in [2.45, 2.75) is 0 Å².